The Balaban J connectivity index is 2.36. The number of halogens is 2. The molecule has 0 unspecified atom stereocenters. The number of benzene rings is 1. The zero-order valence-corrected chi connectivity index (χ0v) is 14.9. The lowest BCUT2D eigenvalue weighted by Gasteiger charge is -2.10. The first-order valence-electron chi connectivity index (χ1n) is 6.71. The number of nitrogens with zero attached hydrogens (tertiary/aromatic N) is 3. The average molecular weight is 384 g/mol. The van der Waals surface area contributed by atoms with Gasteiger partial charge in [0.05, 0.1) is 0 Å². The molecule has 0 saturated carbocycles. The number of hydrogen-bond donors (Lipinski definition) is 0. The molecule has 3 aromatic rings. The normalized spacial score (nSPS) is 11.8. The van der Waals surface area contributed by atoms with Crippen molar-refractivity contribution in [3.63, 3.8) is 0 Å². The van der Waals surface area contributed by atoms with Gasteiger partial charge in [0.2, 0.25) is 15.0 Å². The van der Waals surface area contributed by atoms with Crippen LogP contribution >= 0.6 is 23.2 Å². The summed E-state index contributed by atoms with van der Waals surface area (Å²) in [6.07, 6.45) is 2.37. The molecular formula is C15H11Cl2N3O3S. The Labute approximate surface area is 147 Å². The van der Waals surface area contributed by atoms with Crippen molar-refractivity contribution in [2.45, 2.75) is 5.16 Å². The lowest BCUT2D eigenvalue weighted by Crippen LogP contribution is -2.20. The zero-order valence-electron chi connectivity index (χ0n) is 12.6. The monoisotopic (exact) mass is 383 g/mol. The van der Waals surface area contributed by atoms with Gasteiger partial charge in [0.1, 0.15) is 5.65 Å². The van der Waals surface area contributed by atoms with Crippen LogP contribution in [0.4, 0.5) is 0 Å². The van der Waals surface area contributed by atoms with E-state index in [0.29, 0.717) is 26.6 Å². The van der Waals surface area contributed by atoms with Crippen LogP contribution in [-0.2, 0) is 16.9 Å². The largest absolute Gasteiger partial charge is 0.295 e. The minimum absolute atomic E-state index is 0.220. The minimum Gasteiger partial charge on any atom is -0.295 e. The third kappa shape index (κ3) is 2.90. The van der Waals surface area contributed by atoms with E-state index >= 15 is 0 Å². The van der Waals surface area contributed by atoms with Gasteiger partial charge in [0.25, 0.3) is 5.56 Å². The lowest BCUT2D eigenvalue weighted by molar-refractivity contribution is 0.593. The molecule has 1 aromatic carbocycles. The van der Waals surface area contributed by atoms with Crippen molar-refractivity contribution in [1.29, 1.82) is 0 Å². The molecule has 24 heavy (non-hydrogen) atoms. The van der Waals surface area contributed by atoms with Crippen molar-refractivity contribution in [3.05, 3.63) is 50.9 Å². The second kappa shape index (κ2) is 5.84. The van der Waals surface area contributed by atoms with Crippen LogP contribution in [0.2, 0.25) is 10.0 Å². The van der Waals surface area contributed by atoms with E-state index in [1.807, 2.05) is 0 Å². The smallest absolute Gasteiger partial charge is 0.259 e. The highest BCUT2D eigenvalue weighted by molar-refractivity contribution is 7.90. The van der Waals surface area contributed by atoms with E-state index in [-0.39, 0.29) is 16.4 Å². The molecule has 0 spiro atoms. The Bertz CT molecular complexity index is 1140. The summed E-state index contributed by atoms with van der Waals surface area (Å²) in [5, 5.41) is 0.999. The van der Waals surface area contributed by atoms with E-state index in [0.717, 1.165) is 6.26 Å². The SMILES string of the molecule is Cn1c(=O)c(-c2cc(Cl)ccc2Cl)cc2cnc(S(C)(=O)=O)nc21. The van der Waals surface area contributed by atoms with Gasteiger partial charge in [-0.25, -0.2) is 13.4 Å². The highest BCUT2D eigenvalue weighted by atomic mass is 35.5. The van der Waals surface area contributed by atoms with Crippen molar-refractivity contribution in [1.82, 2.24) is 14.5 Å². The van der Waals surface area contributed by atoms with Gasteiger partial charge in [-0.1, -0.05) is 23.2 Å². The van der Waals surface area contributed by atoms with Crippen molar-refractivity contribution < 1.29 is 8.42 Å². The van der Waals surface area contributed by atoms with Crippen LogP contribution in [0.5, 0.6) is 0 Å². The number of fused-ring (bicyclic) bond motifs is 1. The van der Waals surface area contributed by atoms with Gasteiger partial charge in [-0.05, 0) is 24.3 Å². The Morgan fingerprint density at radius 1 is 1.12 bits per heavy atom. The molecule has 0 aliphatic carbocycles. The number of aryl methyl sites for hydroxylation is 1. The van der Waals surface area contributed by atoms with Crippen molar-refractivity contribution >= 4 is 44.1 Å². The molecule has 2 aromatic heterocycles. The number of rotatable bonds is 2. The molecular weight excluding hydrogens is 373 g/mol. The van der Waals surface area contributed by atoms with Crippen molar-refractivity contribution in [3.8, 4) is 11.1 Å². The molecule has 0 radical (unpaired) electrons. The van der Waals surface area contributed by atoms with E-state index in [1.165, 1.54) is 17.8 Å². The zero-order chi connectivity index (χ0) is 17.6. The maximum absolute atomic E-state index is 12.7. The predicted molar refractivity (Wildman–Crippen MR) is 93.3 cm³/mol. The summed E-state index contributed by atoms with van der Waals surface area (Å²) in [6, 6.07) is 6.39. The maximum Gasteiger partial charge on any atom is 0.259 e. The fraction of sp³-hybridized carbons (Fsp3) is 0.133. The Hall–Kier alpha value is -1.96. The van der Waals surface area contributed by atoms with Gasteiger partial charge in [-0.3, -0.25) is 9.36 Å². The number of sulfone groups is 1. The average Bonchev–Trinajstić information content (AvgIpc) is 2.52. The van der Waals surface area contributed by atoms with Gasteiger partial charge in [0, 0.05) is 46.1 Å². The molecule has 0 N–H and O–H groups in total. The first-order valence-corrected chi connectivity index (χ1v) is 9.35. The van der Waals surface area contributed by atoms with Crippen LogP contribution in [-0.4, -0.2) is 29.2 Å². The molecule has 0 saturated heterocycles. The molecule has 6 nitrogen and oxygen atoms in total. The summed E-state index contributed by atoms with van der Waals surface area (Å²) in [5.41, 5.74) is 0.661. The van der Waals surface area contributed by atoms with Gasteiger partial charge in [-0.2, -0.15) is 4.98 Å². The molecule has 2 heterocycles. The highest BCUT2D eigenvalue weighted by Crippen LogP contribution is 2.29. The van der Waals surface area contributed by atoms with Crippen LogP contribution in [0.25, 0.3) is 22.2 Å². The molecule has 0 amide bonds. The Morgan fingerprint density at radius 2 is 1.83 bits per heavy atom. The molecule has 0 atom stereocenters. The van der Waals surface area contributed by atoms with Crippen LogP contribution in [0.3, 0.4) is 0 Å². The Kier molecular flexibility index (Phi) is 4.11. The minimum atomic E-state index is -3.57. The van der Waals surface area contributed by atoms with E-state index in [9.17, 15) is 13.2 Å². The highest BCUT2D eigenvalue weighted by Gasteiger charge is 2.16. The van der Waals surface area contributed by atoms with Crippen molar-refractivity contribution in [2.24, 2.45) is 7.05 Å². The molecule has 0 bridgehead atoms. The third-order valence-corrected chi connectivity index (χ3v) is 4.90. The predicted octanol–water partition coefficient (Wildman–Crippen LogP) is 2.71. The third-order valence-electron chi connectivity index (χ3n) is 3.48. The summed E-state index contributed by atoms with van der Waals surface area (Å²) >= 11 is 12.2. The molecule has 0 aliphatic rings. The van der Waals surface area contributed by atoms with Gasteiger partial charge >= 0.3 is 0 Å². The maximum atomic E-state index is 12.7. The van der Waals surface area contributed by atoms with Crippen molar-refractivity contribution in [2.75, 3.05) is 6.26 Å². The summed E-state index contributed by atoms with van der Waals surface area (Å²) in [5.74, 6) is 0. The fourth-order valence-corrected chi connectivity index (χ4v) is 3.19. The summed E-state index contributed by atoms with van der Waals surface area (Å²) in [4.78, 5) is 20.5. The second-order valence-electron chi connectivity index (χ2n) is 5.25. The van der Waals surface area contributed by atoms with Gasteiger partial charge in [0.15, 0.2) is 0 Å². The standard InChI is InChI=1S/C15H11Cl2N3O3S/c1-20-13-8(7-18-15(19-13)24(2,22)23)5-11(14(20)21)10-6-9(16)3-4-12(10)17/h3-7H,1-2H3. The first kappa shape index (κ1) is 16.9. The number of aromatic nitrogens is 3. The first-order chi connectivity index (χ1) is 11.2. The summed E-state index contributed by atoms with van der Waals surface area (Å²) in [6.45, 7) is 0. The van der Waals surface area contributed by atoms with Crippen LogP contribution < -0.4 is 5.56 Å². The summed E-state index contributed by atoms with van der Waals surface area (Å²) in [7, 11) is -2.07. The number of hydrogen-bond acceptors (Lipinski definition) is 5. The van der Waals surface area contributed by atoms with Crippen LogP contribution in [0, 0.1) is 0 Å². The molecule has 124 valence electrons. The van der Waals surface area contributed by atoms with E-state index in [4.69, 9.17) is 23.2 Å². The molecule has 0 aliphatic heterocycles. The van der Waals surface area contributed by atoms with Gasteiger partial charge in [-0.15, -0.1) is 0 Å². The molecule has 3 rings (SSSR count). The molecule has 9 heteroatoms. The fourth-order valence-electron chi connectivity index (χ4n) is 2.31. The number of pyridine rings is 1. The Morgan fingerprint density at radius 3 is 2.50 bits per heavy atom. The second-order valence-corrected chi connectivity index (χ2v) is 8.00. The van der Waals surface area contributed by atoms with E-state index in [2.05, 4.69) is 9.97 Å². The van der Waals surface area contributed by atoms with Crippen LogP contribution in [0.1, 0.15) is 0 Å². The topological polar surface area (TPSA) is 81.9 Å². The van der Waals surface area contributed by atoms with Gasteiger partial charge < -0.3 is 0 Å². The lowest BCUT2D eigenvalue weighted by atomic mass is 10.1. The van der Waals surface area contributed by atoms with Crippen LogP contribution in [0.15, 0.2) is 40.4 Å². The van der Waals surface area contributed by atoms with E-state index < -0.39 is 9.84 Å². The van der Waals surface area contributed by atoms with E-state index in [1.54, 1.807) is 24.3 Å². The summed E-state index contributed by atoms with van der Waals surface area (Å²) < 4.78 is 24.5. The quantitative estimate of drug-likeness (QED) is 0.635. The molecule has 0 fully saturated rings.